The molecule has 5 atom stereocenters. The molecule has 102 valence electrons. The van der Waals surface area contributed by atoms with Gasteiger partial charge in [-0.15, -0.1) is 0 Å². The summed E-state index contributed by atoms with van der Waals surface area (Å²) in [6.45, 7) is 4.02. The number of fused-ring (bicyclic) bond motifs is 2. The second-order valence-electron chi connectivity index (χ2n) is 6.33. The van der Waals surface area contributed by atoms with Crippen molar-refractivity contribution in [1.82, 2.24) is 4.90 Å². The second-order valence-corrected chi connectivity index (χ2v) is 6.33. The normalized spacial score (nSPS) is 41.1. The number of amides is 1. The molecule has 5 unspecified atom stereocenters. The van der Waals surface area contributed by atoms with Gasteiger partial charge in [0.25, 0.3) is 0 Å². The maximum Gasteiger partial charge on any atom is 0.226 e. The van der Waals surface area contributed by atoms with Crippen molar-refractivity contribution in [2.75, 3.05) is 19.7 Å². The number of carbonyl (C=O) groups excluding carboxylic acids is 1. The fourth-order valence-electron chi connectivity index (χ4n) is 3.98. The van der Waals surface area contributed by atoms with Crippen LogP contribution in [0.15, 0.2) is 0 Å². The average Bonchev–Trinajstić information content (AvgIpc) is 3.00. The molecule has 0 aromatic rings. The molecular weight excluding hydrogens is 228 g/mol. The molecule has 1 saturated heterocycles. The van der Waals surface area contributed by atoms with Gasteiger partial charge in [-0.25, -0.2) is 0 Å². The number of hydrogen-bond acceptors (Lipinski definition) is 3. The monoisotopic (exact) mass is 252 g/mol. The predicted octanol–water partition coefficient (Wildman–Crippen LogP) is 0.997. The summed E-state index contributed by atoms with van der Waals surface area (Å²) in [5.74, 6) is 2.17. The van der Waals surface area contributed by atoms with Crippen molar-refractivity contribution < 1.29 is 9.53 Å². The largest absolute Gasteiger partial charge is 0.373 e. The second kappa shape index (κ2) is 4.82. The quantitative estimate of drug-likeness (QED) is 0.797. The highest BCUT2D eigenvalue weighted by Crippen LogP contribution is 2.48. The summed E-state index contributed by atoms with van der Waals surface area (Å²) in [6.07, 6.45) is 5.05. The van der Waals surface area contributed by atoms with Crippen molar-refractivity contribution in [3.8, 4) is 0 Å². The number of nitrogens with zero attached hydrogens (tertiary/aromatic N) is 1. The smallest absolute Gasteiger partial charge is 0.226 e. The van der Waals surface area contributed by atoms with Crippen LogP contribution in [0.1, 0.15) is 32.6 Å². The number of rotatable bonds is 2. The van der Waals surface area contributed by atoms with Gasteiger partial charge in [0, 0.05) is 25.0 Å². The molecule has 2 aliphatic carbocycles. The lowest BCUT2D eigenvalue weighted by atomic mass is 9.87. The van der Waals surface area contributed by atoms with Crippen molar-refractivity contribution in [3.05, 3.63) is 0 Å². The zero-order valence-corrected chi connectivity index (χ0v) is 11.2. The van der Waals surface area contributed by atoms with E-state index in [0.29, 0.717) is 30.9 Å². The van der Waals surface area contributed by atoms with Crippen LogP contribution in [-0.2, 0) is 9.53 Å². The Hall–Kier alpha value is -0.610. The summed E-state index contributed by atoms with van der Waals surface area (Å²) < 4.78 is 5.63. The van der Waals surface area contributed by atoms with Crippen LogP contribution in [0.2, 0.25) is 0 Å². The molecule has 4 nitrogen and oxygen atoms in total. The van der Waals surface area contributed by atoms with Crippen molar-refractivity contribution in [3.63, 3.8) is 0 Å². The number of morpholine rings is 1. The Morgan fingerprint density at radius 1 is 1.39 bits per heavy atom. The zero-order chi connectivity index (χ0) is 12.7. The van der Waals surface area contributed by atoms with E-state index in [-0.39, 0.29) is 12.1 Å². The van der Waals surface area contributed by atoms with E-state index in [1.54, 1.807) is 0 Å². The lowest BCUT2D eigenvalue weighted by Crippen LogP contribution is -2.53. The van der Waals surface area contributed by atoms with Crippen LogP contribution in [-0.4, -0.2) is 42.6 Å². The fourth-order valence-corrected chi connectivity index (χ4v) is 3.98. The van der Waals surface area contributed by atoms with Gasteiger partial charge in [0.05, 0.1) is 12.7 Å². The maximum atomic E-state index is 12.6. The molecule has 3 fully saturated rings. The Bertz CT molecular complexity index is 332. The van der Waals surface area contributed by atoms with Gasteiger partial charge < -0.3 is 15.4 Å². The van der Waals surface area contributed by atoms with E-state index in [1.807, 2.05) is 11.8 Å². The first-order chi connectivity index (χ1) is 8.65. The molecule has 4 heteroatoms. The highest BCUT2D eigenvalue weighted by atomic mass is 16.5. The lowest BCUT2D eigenvalue weighted by Gasteiger charge is -2.37. The summed E-state index contributed by atoms with van der Waals surface area (Å²) in [7, 11) is 0. The maximum absolute atomic E-state index is 12.6. The van der Waals surface area contributed by atoms with Gasteiger partial charge in [0.1, 0.15) is 0 Å². The molecule has 0 radical (unpaired) electrons. The van der Waals surface area contributed by atoms with Crippen LogP contribution >= 0.6 is 0 Å². The molecule has 0 aromatic carbocycles. The van der Waals surface area contributed by atoms with Crippen LogP contribution in [0.5, 0.6) is 0 Å². The van der Waals surface area contributed by atoms with Crippen molar-refractivity contribution in [2.45, 2.75) is 44.8 Å². The molecule has 1 aliphatic heterocycles. The minimum absolute atomic E-state index is 0.000583. The summed E-state index contributed by atoms with van der Waals surface area (Å²) in [4.78, 5) is 14.6. The third-order valence-electron chi connectivity index (χ3n) is 5.05. The number of carbonyl (C=O) groups is 1. The minimum Gasteiger partial charge on any atom is -0.373 e. The molecular formula is C14H24N2O2. The van der Waals surface area contributed by atoms with Crippen LogP contribution in [0, 0.1) is 17.8 Å². The Morgan fingerprint density at radius 2 is 2.22 bits per heavy atom. The van der Waals surface area contributed by atoms with Gasteiger partial charge in [-0.2, -0.15) is 0 Å². The van der Waals surface area contributed by atoms with E-state index >= 15 is 0 Å². The fraction of sp³-hybridized carbons (Fsp3) is 0.929. The van der Waals surface area contributed by atoms with Gasteiger partial charge in [0.15, 0.2) is 0 Å². The highest BCUT2D eigenvalue weighted by Gasteiger charge is 2.45. The average molecular weight is 252 g/mol. The molecule has 1 heterocycles. The van der Waals surface area contributed by atoms with Crippen LogP contribution < -0.4 is 5.73 Å². The molecule has 2 bridgehead atoms. The van der Waals surface area contributed by atoms with Gasteiger partial charge >= 0.3 is 0 Å². The Kier molecular flexibility index (Phi) is 3.32. The van der Waals surface area contributed by atoms with E-state index in [9.17, 15) is 4.79 Å². The minimum atomic E-state index is 0.000583. The third-order valence-corrected chi connectivity index (χ3v) is 5.05. The van der Waals surface area contributed by atoms with E-state index < -0.39 is 0 Å². The van der Waals surface area contributed by atoms with Crippen molar-refractivity contribution in [2.24, 2.45) is 23.5 Å². The lowest BCUT2D eigenvalue weighted by molar-refractivity contribution is -0.145. The van der Waals surface area contributed by atoms with Crippen molar-refractivity contribution >= 4 is 5.91 Å². The molecule has 3 rings (SSSR count). The van der Waals surface area contributed by atoms with Gasteiger partial charge in [-0.1, -0.05) is 6.42 Å². The first kappa shape index (κ1) is 12.4. The van der Waals surface area contributed by atoms with E-state index in [2.05, 4.69) is 0 Å². The Morgan fingerprint density at radius 3 is 2.83 bits per heavy atom. The van der Waals surface area contributed by atoms with Gasteiger partial charge in [0.2, 0.25) is 5.91 Å². The van der Waals surface area contributed by atoms with E-state index in [0.717, 1.165) is 18.9 Å². The topological polar surface area (TPSA) is 55.6 Å². The van der Waals surface area contributed by atoms with Gasteiger partial charge in [-0.3, -0.25) is 4.79 Å². The highest BCUT2D eigenvalue weighted by molar-refractivity contribution is 5.79. The number of hydrogen-bond donors (Lipinski definition) is 1. The Labute approximate surface area is 109 Å². The van der Waals surface area contributed by atoms with Crippen LogP contribution in [0.4, 0.5) is 0 Å². The molecule has 3 aliphatic rings. The molecule has 0 spiro atoms. The molecule has 0 aromatic heterocycles. The summed E-state index contributed by atoms with van der Waals surface area (Å²) in [5, 5.41) is 0. The Balaban J connectivity index is 1.62. The number of ether oxygens (including phenoxy) is 1. The standard InChI is InChI=1S/C14H24N2O2/c1-9(15)13-8-16(4-5-18-13)14(17)12-7-10-2-3-11(12)6-10/h9-13H,2-8,15H2,1H3. The zero-order valence-electron chi connectivity index (χ0n) is 11.2. The van der Waals surface area contributed by atoms with E-state index in [4.69, 9.17) is 10.5 Å². The summed E-state index contributed by atoms with van der Waals surface area (Å²) >= 11 is 0. The molecule has 2 saturated carbocycles. The van der Waals surface area contributed by atoms with Crippen LogP contribution in [0.25, 0.3) is 0 Å². The first-order valence-corrected chi connectivity index (χ1v) is 7.31. The molecule has 1 amide bonds. The number of nitrogens with two attached hydrogens (primary N) is 1. The molecule has 2 N–H and O–H groups in total. The van der Waals surface area contributed by atoms with Crippen LogP contribution in [0.3, 0.4) is 0 Å². The van der Waals surface area contributed by atoms with Gasteiger partial charge in [-0.05, 0) is 38.0 Å². The summed E-state index contributed by atoms with van der Waals surface area (Å²) in [6, 6.07) is 0.000583. The summed E-state index contributed by atoms with van der Waals surface area (Å²) in [5.41, 5.74) is 5.88. The molecule has 18 heavy (non-hydrogen) atoms. The predicted molar refractivity (Wildman–Crippen MR) is 68.9 cm³/mol. The third kappa shape index (κ3) is 2.16. The van der Waals surface area contributed by atoms with Crippen molar-refractivity contribution in [1.29, 1.82) is 0 Å². The van der Waals surface area contributed by atoms with E-state index in [1.165, 1.54) is 19.3 Å². The SMILES string of the molecule is CC(N)C1CN(C(=O)C2CC3CCC2C3)CCO1. The first-order valence-electron chi connectivity index (χ1n) is 7.31.